The molecule has 5 nitrogen and oxygen atoms in total. The zero-order valence-electron chi connectivity index (χ0n) is 13.9. The number of rotatable bonds is 4. The lowest BCUT2D eigenvalue weighted by Crippen LogP contribution is -2.28. The van der Waals surface area contributed by atoms with Crippen molar-refractivity contribution in [1.29, 1.82) is 0 Å². The van der Waals surface area contributed by atoms with Crippen LogP contribution in [0.15, 0.2) is 36.4 Å². The van der Waals surface area contributed by atoms with Gasteiger partial charge in [-0.15, -0.1) is 0 Å². The van der Waals surface area contributed by atoms with Crippen molar-refractivity contribution in [2.45, 2.75) is 31.3 Å². The Bertz CT molecular complexity index is 934. The highest BCUT2D eigenvalue weighted by molar-refractivity contribution is 6.32. The molecule has 0 spiro atoms. The van der Waals surface area contributed by atoms with Crippen LogP contribution in [-0.2, 0) is 16.0 Å². The highest BCUT2D eigenvalue weighted by Crippen LogP contribution is 2.41. The molecule has 0 aromatic heterocycles. The van der Waals surface area contributed by atoms with E-state index in [0.29, 0.717) is 18.6 Å². The second-order valence-electron chi connectivity index (χ2n) is 6.41. The molecule has 1 aliphatic carbocycles. The molecule has 2 aromatic carbocycles. The minimum Gasteiger partial charge on any atom is -0.456 e. The first-order valence-electron chi connectivity index (χ1n) is 8.32. The van der Waals surface area contributed by atoms with Crippen LogP contribution >= 0.6 is 11.6 Å². The van der Waals surface area contributed by atoms with Crippen molar-refractivity contribution in [3.05, 3.63) is 58.1 Å². The monoisotopic (exact) mass is 393 g/mol. The maximum Gasteiger partial charge on any atom is 0.414 e. The van der Waals surface area contributed by atoms with Gasteiger partial charge in [-0.2, -0.15) is 0 Å². The van der Waals surface area contributed by atoms with E-state index in [9.17, 15) is 18.4 Å². The molecule has 4 rings (SSSR count). The molecule has 1 unspecified atom stereocenters. The van der Waals surface area contributed by atoms with Crippen molar-refractivity contribution in [2.75, 3.05) is 0 Å². The number of cyclic esters (lactones) is 1. The number of hydrogen-bond acceptors (Lipinski definition) is 4. The standard InChI is InChI=1S/C19H14ClF2NO4/c20-14-8-10(17(21)22)2-6-15(14)26-11-3-5-12-9(7-11)1-4-13(12)16-18(24)23-19(25)27-16/h2-3,5-8,13,16-17H,1,4H2,(H,23,24,25)/t13-,16?/m1/s1. The second-order valence-corrected chi connectivity index (χ2v) is 6.82. The molecule has 1 N–H and O–H groups in total. The minimum atomic E-state index is -2.60. The van der Waals surface area contributed by atoms with Gasteiger partial charge >= 0.3 is 6.09 Å². The number of halogens is 3. The molecule has 2 aromatic rings. The van der Waals surface area contributed by atoms with Crippen LogP contribution in [0.4, 0.5) is 13.6 Å². The van der Waals surface area contributed by atoms with Crippen LogP contribution in [0, 0.1) is 0 Å². The van der Waals surface area contributed by atoms with Gasteiger partial charge in [-0.3, -0.25) is 10.1 Å². The lowest BCUT2D eigenvalue weighted by molar-refractivity contribution is -0.124. The molecule has 0 saturated carbocycles. The molecule has 1 heterocycles. The number of hydrogen-bond donors (Lipinski definition) is 1. The molecule has 0 bridgehead atoms. The molecule has 140 valence electrons. The lowest BCUT2D eigenvalue weighted by Gasteiger charge is -2.16. The van der Waals surface area contributed by atoms with E-state index in [2.05, 4.69) is 5.32 Å². The lowest BCUT2D eigenvalue weighted by atomic mass is 9.95. The van der Waals surface area contributed by atoms with Crippen molar-refractivity contribution in [2.24, 2.45) is 0 Å². The summed E-state index contributed by atoms with van der Waals surface area (Å²) in [4.78, 5) is 23.1. The quantitative estimate of drug-likeness (QED) is 0.815. The third-order valence-electron chi connectivity index (χ3n) is 4.76. The molecule has 2 amide bonds. The maximum atomic E-state index is 12.7. The number of imide groups is 1. The normalized spacial score (nSPS) is 21.2. The molecular weight excluding hydrogens is 380 g/mol. The molecule has 1 fully saturated rings. The van der Waals surface area contributed by atoms with Crippen molar-refractivity contribution >= 4 is 23.6 Å². The minimum absolute atomic E-state index is 0.0979. The fourth-order valence-electron chi connectivity index (χ4n) is 3.50. The third kappa shape index (κ3) is 3.35. The molecule has 2 atom stereocenters. The van der Waals surface area contributed by atoms with E-state index in [1.807, 2.05) is 12.1 Å². The Morgan fingerprint density at radius 2 is 2.00 bits per heavy atom. The summed E-state index contributed by atoms with van der Waals surface area (Å²) in [5, 5.41) is 2.24. The van der Waals surface area contributed by atoms with Gasteiger partial charge in [0, 0.05) is 11.5 Å². The van der Waals surface area contributed by atoms with E-state index in [1.165, 1.54) is 18.2 Å². The maximum absolute atomic E-state index is 12.7. The summed E-state index contributed by atoms with van der Waals surface area (Å²) in [6.07, 6.45) is -2.76. The number of alkyl halides is 2. The summed E-state index contributed by atoms with van der Waals surface area (Å²) in [6.45, 7) is 0. The van der Waals surface area contributed by atoms with Gasteiger partial charge < -0.3 is 9.47 Å². The van der Waals surface area contributed by atoms with Crippen LogP contribution < -0.4 is 10.1 Å². The van der Waals surface area contributed by atoms with Crippen molar-refractivity contribution in [3.8, 4) is 11.5 Å². The van der Waals surface area contributed by atoms with Gasteiger partial charge in [-0.05, 0) is 54.3 Å². The number of amides is 2. The first-order valence-corrected chi connectivity index (χ1v) is 8.70. The van der Waals surface area contributed by atoms with E-state index in [0.717, 1.165) is 11.1 Å². The van der Waals surface area contributed by atoms with Crippen LogP contribution in [-0.4, -0.2) is 18.1 Å². The molecule has 27 heavy (non-hydrogen) atoms. The smallest absolute Gasteiger partial charge is 0.414 e. The average molecular weight is 394 g/mol. The SMILES string of the molecule is O=C1NC(=O)C([C@@H]2CCc3cc(Oc4ccc(C(F)F)cc4Cl)ccc32)O1. The van der Waals surface area contributed by atoms with Gasteiger partial charge in [-0.25, -0.2) is 13.6 Å². The number of nitrogens with one attached hydrogen (secondary N) is 1. The summed E-state index contributed by atoms with van der Waals surface area (Å²) >= 11 is 6.03. The Labute approximate surface area is 158 Å². The Morgan fingerprint density at radius 3 is 2.67 bits per heavy atom. The van der Waals surface area contributed by atoms with Gasteiger partial charge in [0.25, 0.3) is 12.3 Å². The van der Waals surface area contributed by atoms with E-state index in [1.54, 1.807) is 6.07 Å². The van der Waals surface area contributed by atoms with E-state index in [4.69, 9.17) is 21.1 Å². The van der Waals surface area contributed by atoms with Gasteiger partial charge in [0.1, 0.15) is 11.5 Å². The molecule has 8 heteroatoms. The van der Waals surface area contributed by atoms with Crippen LogP contribution in [0.25, 0.3) is 0 Å². The Morgan fingerprint density at radius 1 is 1.19 bits per heavy atom. The number of benzene rings is 2. The highest BCUT2D eigenvalue weighted by atomic mass is 35.5. The molecule has 2 aliphatic rings. The highest BCUT2D eigenvalue weighted by Gasteiger charge is 2.42. The fraction of sp³-hybridized carbons (Fsp3) is 0.263. The van der Waals surface area contributed by atoms with Gasteiger partial charge in [0.15, 0.2) is 6.10 Å². The average Bonchev–Trinajstić information content (AvgIpc) is 3.18. The van der Waals surface area contributed by atoms with E-state index >= 15 is 0 Å². The largest absolute Gasteiger partial charge is 0.456 e. The number of carbonyl (C=O) groups excluding carboxylic acids is 2. The summed E-state index contributed by atoms with van der Waals surface area (Å²) < 4.78 is 36.2. The zero-order chi connectivity index (χ0) is 19.1. The predicted octanol–water partition coefficient (Wildman–Crippen LogP) is 4.73. The summed E-state index contributed by atoms with van der Waals surface area (Å²) in [6, 6.07) is 9.20. The van der Waals surface area contributed by atoms with E-state index < -0.39 is 24.5 Å². The summed E-state index contributed by atoms with van der Waals surface area (Å²) in [5.74, 6) is 0.159. The van der Waals surface area contributed by atoms with Crippen molar-refractivity contribution in [1.82, 2.24) is 5.32 Å². The fourth-order valence-corrected chi connectivity index (χ4v) is 3.73. The van der Waals surface area contributed by atoms with Crippen LogP contribution in [0.5, 0.6) is 11.5 Å². The topological polar surface area (TPSA) is 64.6 Å². The Hall–Kier alpha value is -2.67. The molecular formula is C19H14ClF2NO4. The Balaban J connectivity index is 1.54. The Kier molecular flexibility index (Phi) is 4.47. The summed E-state index contributed by atoms with van der Waals surface area (Å²) in [7, 11) is 0. The number of aryl methyl sites for hydroxylation is 1. The van der Waals surface area contributed by atoms with Crippen LogP contribution in [0.3, 0.4) is 0 Å². The third-order valence-corrected chi connectivity index (χ3v) is 5.05. The van der Waals surface area contributed by atoms with Crippen molar-refractivity contribution < 1.29 is 27.8 Å². The number of carbonyl (C=O) groups is 2. The number of fused-ring (bicyclic) bond motifs is 1. The first-order chi connectivity index (χ1) is 12.9. The second kappa shape index (κ2) is 6.81. The van der Waals surface area contributed by atoms with Gasteiger partial charge in [0.05, 0.1) is 5.02 Å². The van der Waals surface area contributed by atoms with Gasteiger partial charge in [0.2, 0.25) is 0 Å². The first kappa shape index (κ1) is 17.7. The summed E-state index contributed by atoms with van der Waals surface area (Å²) in [5.41, 5.74) is 1.73. The number of alkyl carbamates (subject to hydrolysis) is 1. The van der Waals surface area contributed by atoms with Crippen LogP contribution in [0.2, 0.25) is 5.02 Å². The molecule has 1 saturated heterocycles. The van der Waals surface area contributed by atoms with Gasteiger partial charge in [-0.1, -0.05) is 17.7 Å². The molecule has 0 radical (unpaired) electrons. The van der Waals surface area contributed by atoms with E-state index in [-0.39, 0.29) is 22.3 Å². The predicted molar refractivity (Wildman–Crippen MR) is 92.4 cm³/mol. The number of ether oxygens (including phenoxy) is 2. The van der Waals surface area contributed by atoms with Crippen molar-refractivity contribution in [3.63, 3.8) is 0 Å². The zero-order valence-corrected chi connectivity index (χ0v) is 14.6. The van der Waals surface area contributed by atoms with Crippen LogP contribution in [0.1, 0.15) is 35.5 Å². The molecule has 1 aliphatic heterocycles.